The van der Waals surface area contributed by atoms with Gasteiger partial charge in [0.1, 0.15) is 0 Å². The third kappa shape index (κ3) is 6.79. The summed E-state index contributed by atoms with van der Waals surface area (Å²) in [7, 11) is 1.30. The number of ether oxygens (including phenoxy) is 2. The van der Waals surface area contributed by atoms with Crippen LogP contribution in [0.2, 0.25) is 0 Å². The van der Waals surface area contributed by atoms with E-state index in [9.17, 15) is 19.7 Å². The first kappa shape index (κ1) is 22.2. The monoisotopic (exact) mass is 418 g/mol. The summed E-state index contributed by atoms with van der Waals surface area (Å²) in [6.07, 6.45) is 0. The molecule has 2 aromatic rings. The number of aryl methyl sites for hydroxylation is 2. The van der Waals surface area contributed by atoms with Crippen LogP contribution in [0.1, 0.15) is 16.7 Å². The van der Waals surface area contributed by atoms with Crippen LogP contribution < -0.4 is 10.1 Å². The minimum atomic E-state index is -0.562. The number of amides is 1. The number of methoxy groups -OCH3 is 1. The molecule has 154 valence electrons. The molecule has 0 aliphatic carbocycles. The number of thioether (sulfide) groups is 1. The Morgan fingerprint density at radius 3 is 2.48 bits per heavy atom. The van der Waals surface area contributed by atoms with Crippen LogP contribution in [0.15, 0.2) is 36.4 Å². The number of nitrogens with one attached hydrogen (secondary N) is 1. The molecule has 0 aliphatic heterocycles. The van der Waals surface area contributed by atoms with Gasteiger partial charge in [-0.25, -0.2) is 0 Å². The van der Waals surface area contributed by atoms with Crippen molar-refractivity contribution in [1.82, 2.24) is 0 Å². The van der Waals surface area contributed by atoms with E-state index in [4.69, 9.17) is 9.47 Å². The molecular formula is C20H22N2O6S. The maximum atomic E-state index is 12.0. The normalized spacial score (nSPS) is 10.3. The van der Waals surface area contributed by atoms with Crippen LogP contribution >= 0.6 is 11.8 Å². The van der Waals surface area contributed by atoms with E-state index in [-0.39, 0.29) is 17.2 Å². The van der Waals surface area contributed by atoms with Crippen LogP contribution in [0.25, 0.3) is 0 Å². The highest BCUT2D eigenvalue weighted by atomic mass is 32.2. The molecule has 0 bridgehead atoms. The molecule has 1 amide bonds. The number of rotatable bonds is 9. The van der Waals surface area contributed by atoms with Crippen molar-refractivity contribution in [2.45, 2.75) is 19.6 Å². The summed E-state index contributed by atoms with van der Waals surface area (Å²) >= 11 is 1.40. The van der Waals surface area contributed by atoms with E-state index in [2.05, 4.69) is 5.32 Å². The van der Waals surface area contributed by atoms with Crippen molar-refractivity contribution in [3.63, 3.8) is 0 Å². The van der Waals surface area contributed by atoms with Gasteiger partial charge < -0.3 is 14.8 Å². The highest BCUT2D eigenvalue weighted by molar-refractivity contribution is 7.99. The molecule has 0 atom stereocenters. The lowest BCUT2D eigenvalue weighted by molar-refractivity contribution is -0.385. The first-order chi connectivity index (χ1) is 13.8. The first-order valence-electron chi connectivity index (χ1n) is 8.72. The summed E-state index contributed by atoms with van der Waals surface area (Å²) in [6, 6.07) is 10.7. The van der Waals surface area contributed by atoms with Crippen molar-refractivity contribution >= 4 is 35.0 Å². The van der Waals surface area contributed by atoms with E-state index in [1.54, 1.807) is 6.92 Å². The SMILES string of the molecule is COc1cc(NC(=O)COC(=O)CSCc2ccc(C)cc2)c(C)cc1[N+](=O)[O-]. The predicted octanol–water partition coefficient (Wildman–Crippen LogP) is 3.64. The molecule has 0 radical (unpaired) electrons. The quantitative estimate of drug-likeness (QED) is 0.376. The van der Waals surface area contributed by atoms with E-state index in [1.165, 1.54) is 36.6 Å². The average molecular weight is 418 g/mol. The van der Waals surface area contributed by atoms with Gasteiger partial charge in [-0.15, -0.1) is 11.8 Å². The summed E-state index contributed by atoms with van der Waals surface area (Å²) in [6.45, 7) is 3.19. The first-order valence-corrected chi connectivity index (χ1v) is 9.87. The molecule has 0 aliphatic rings. The van der Waals surface area contributed by atoms with Crippen molar-refractivity contribution in [3.8, 4) is 5.75 Å². The standard InChI is InChI=1S/C20H22N2O6S/c1-13-4-6-15(7-5-13)11-29-12-20(24)28-10-19(23)21-16-9-18(27-3)17(22(25)26)8-14(16)2/h4-9H,10-12H2,1-3H3,(H,21,23). The van der Waals surface area contributed by atoms with Gasteiger partial charge in [-0.1, -0.05) is 29.8 Å². The average Bonchev–Trinajstić information content (AvgIpc) is 2.69. The van der Waals surface area contributed by atoms with Crippen LogP contribution in [-0.4, -0.2) is 36.3 Å². The van der Waals surface area contributed by atoms with Gasteiger partial charge in [-0.05, 0) is 25.0 Å². The fraction of sp³-hybridized carbons (Fsp3) is 0.300. The van der Waals surface area contributed by atoms with Crippen LogP contribution in [0.3, 0.4) is 0 Å². The Morgan fingerprint density at radius 2 is 1.86 bits per heavy atom. The lowest BCUT2D eigenvalue weighted by Gasteiger charge is -2.11. The minimum Gasteiger partial charge on any atom is -0.490 e. The Bertz CT molecular complexity index is 899. The van der Waals surface area contributed by atoms with Gasteiger partial charge in [0.2, 0.25) is 0 Å². The van der Waals surface area contributed by atoms with Gasteiger partial charge in [0, 0.05) is 23.6 Å². The Morgan fingerprint density at radius 1 is 1.17 bits per heavy atom. The van der Waals surface area contributed by atoms with E-state index in [1.807, 2.05) is 31.2 Å². The third-order valence-corrected chi connectivity index (χ3v) is 4.95. The lowest BCUT2D eigenvalue weighted by Crippen LogP contribution is -2.22. The smallest absolute Gasteiger partial charge is 0.316 e. The van der Waals surface area contributed by atoms with Gasteiger partial charge in [-0.3, -0.25) is 19.7 Å². The second-order valence-corrected chi connectivity index (χ2v) is 7.27. The fourth-order valence-electron chi connectivity index (χ4n) is 2.42. The highest BCUT2D eigenvalue weighted by Crippen LogP contribution is 2.32. The molecule has 8 nitrogen and oxygen atoms in total. The van der Waals surface area contributed by atoms with Crippen molar-refractivity contribution < 1.29 is 24.0 Å². The van der Waals surface area contributed by atoms with Gasteiger partial charge in [-0.2, -0.15) is 0 Å². The zero-order valence-electron chi connectivity index (χ0n) is 16.4. The summed E-state index contributed by atoms with van der Waals surface area (Å²) in [5.41, 5.74) is 2.92. The molecular weight excluding hydrogens is 396 g/mol. The number of hydrogen-bond acceptors (Lipinski definition) is 7. The number of nitro groups is 1. The third-order valence-electron chi connectivity index (χ3n) is 3.97. The maximum absolute atomic E-state index is 12.0. The number of carbonyl (C=O) groups is 2. The highest BCUT2D eigenvalue weighted by Gasteiger charge is 2.18. The number of nitro benzene ring substituents is 1. The van der Waals surface area contributed by atoms with Crippen LogP contribution in [0, 0.1) is 24.0 Å². The molecule has 0 unspecified atom stereocenters. The molecule has 0 saturated heterocycles. The Kier molecular flexibility index (Phi) is 8.02. The van der Waals surface area contributed by atoms with Crippen LogP contribution in [0.5, 0.6) is 5.75 Å². The predicted molar refractivity (Wildman–Crippen MR) is 111 cm³/mol. The molecule has 29 heavy (non-hydrogen) atoms. The number of benzene rings is 2. The number of nitrogens with zero attached hydrogens (tertiary/aromatic N) is 1. The fourth-order valence-corrected chi connectivity index (χ4v) is 3.20. The zero-order valence-corrected chi connectivity index (χ0v) is 17.2. The number of carbonyl (C=O) groups excluding carboxylic acids is 2. The molecule has 0 heterocycles. The second-order valence-electron chi connectivity index (χ2n) is 6.28. The summed E-state index contributed by atoms with van der Waals surface area (Å²) in [4.78, 5) is 34.3. The van der Waals surface area contributed by atoms with E-state index < -0.39 is 23.4 Å². The van der Waals surface area contributed by atoms with E-state index in [0.29, 0.717) is 17.0 Å². The molecule has 2 aromatic carbocycles. The lowest BCUT2D eigenvalue weighted by atomic mass is 10.1. The minimum absolute atomic E-state index is 0.0281. The molecule has 0 spiro atoms. The van der Waals surface area contributed by atoms with Crippen molar-refractivity contribution in [2.24, 2.45) is 0 Å². The van der Waals surface area contributed by atoms with Gasteiger partial charge in [0.25, 0.3) is 5.91 Å². The Balaban J connectivity index is 1.81. The molecule has 0 aromatic heterocycles. The van der Waals surface area contributed by atoms with E-state index >= 15 is 0 Å². The number of hydrogen-bond donors (Lipinski definition) is 1. The molecule has 2 rings (SSSR count). The van der Waals surface area contributed by atoms with Gasteiger partial charge in [0.15, 0.2) is 12.4 Å². The second kappa shape index (κ2) is 10.5. The number of esters is 1. The Hall–Kier alpha value is -3.07. The van der Waals surface area contributed by atoms with E-state index in [0.717, 1.165) is 5.56 Å². The summed E-state index contributed by atoms with van der Waals surface area (Å²) in [5.74, 6) is -0.203. The molecule has 1 N–H and O–H groups in total. The van der Waals surface area contributed by atoms with Crippen molar-refractivity contribution in [2.75, 3.05) is 24.8 Å². The summed E-state index contributed by atoms with van der Waals surface area (Å²) in [5, 5.41) is 13.6. The number of anilines is 1. The Labute approximate surface area is 172 Å². The van der Waals surface area contributed by atoms with Gasteiger partial charge >= 0.3 is 11.7 Å². The maximum Gasteiger partial charge on any atom is 0.316 e. The van der Waals surface area contributed by atoms with Crippen molar-refractivity contribution in [1.29, 1.82) is 0 Å². The largest absolute Gasteiger partial charge is 0.490 e. The van der Waals surface area contributed by atoms with Crippen LogP contribution in [0.4, 0.5) is 11.4 Å². The van der Waals surface area contributed by atoms with Crippen molar-refractivity contribution in [3.05, 3.63) is 63.2 Å². The summed E-state index contributed by atoms with van der Waals surface area (Å²) < 4.78 is 9.97. The molecule has 9 heteroatoms. The van der Waals surface area contributed by atoms with Crippen LogP contribution in [-0.2, 0) is 20.1 Å². The molecule has 0 saturated carbocycles. The van der Waals surface area contributed by atoms with Gasteiger partial charge in [0.05, 0.1) is 17.8 Å². The topological polar surface area (TPSA) is 108 Å². The molecule has 0 fully saturated rings. The zero-order chi connectivity index (χ0) is 21.4.